The van der Waals surface area contributed by atoms with Crippen molar-refractivity contribution in [3.63, 3.8) is 0 Å². The van der Waals surface area contributed by atoms with Crippen molar-refractivity contribution < 1.29 is 4.42 Å². The van der Waals surface area contributed by atoms with Crippen molar-refractivity contribution in [3.8, 4) is 0 Å². The lowest BCUT2D eigenvalue weighted by Crippen LogP contribution is -2.23. The van der Waals surface area contributed by atoms with Crippen LogP contribution in [0.1, 0.15) is 26.2 Å². The summed E-state index contributed by atoms with van der Waals surface area (Å²) in [6, 6.07) is 0.609. The van der Waals surface area contributed by atoms with E-state index in [0.29, 0.717) is 24.9 Å². The van der Waals surface area contributed by atoms with E-state index in [2.05, 4.69) is 28.9 Å². The largest absolute Gasteiger partial charge is 0.408 e. The van der Waals surface area contributed by atoms with Gasteiger partial charge in [-0.3, -0.25) is 0 Å². The van der Waals surface area contributed by atoms with Crippen LogP contribution in [0.2, 0.25) is 0 Å². The first-order valence-corrected chi connectivity index (χ1v) is 5.09. The normalized spacial score (nSPS) is 10.5. The van der Waals surface area contributed by atoms with Gasteiger partial charge in [0.05, 0.1) is 0 Å². The molecule has 5 nitrogen and oxygen atoms in total. The second-order valence-corrected chi connectivity index (χ2v) is 3.10. The Bertz CT molecular complexity index is 261. The highest BCUT2D eigenvalue weighted by atomic mass is 16.4. The molecule has 0 saturated heterocycles. The highest BCUT2D eigenvalue weighted by Gasteiger charge is 2.11. The Hall–Kier alpha value is -1.10. The fraction of sp³-hybridized carbons (Fsp3) is 0.778. The molecule has 1 aromatic rings. The lowest BCUT2D eigenvalue weighted by atomic mass is 10.4. The van der Waals surface area contributed by atoms with Gasteiger partial charge in [0.2, 0.25) is 5.89 Å². The topological polar surface area (TPSA) is 68.2 Å². The van der Waals surface area contributed by atoms with E-state index in [1.165, 1.54) is 0 Å². The van der Waals surface area contributed by atoms with Gasteiger partial charge in [-0.15, -0.1) is 5.10 Å². The molecule has 2 N–H and O–H groups in total. The Morgan fingerprint density at radius 3 is 2.71 bits per heavy atom. The first-order valence-electron chi connectivity index (χ1n) is 5.09. The van der Waals surface area contributed by atoms with Crippen molar-refractivity contribution in [2.45, 2.75) is 26.7 Å². The third-order valence-corrected chi connectivity index (χ3v) is 1.96. The second-order valence-electron chi connectivity index (χ2n) is 3.10. The average molecular weight is 198 g/mol. The third-order valence-electron chi connectivity index (χ3n) is 1.96. The van der Waals surface area contributed by atoms with Crippen LogP contribution in [0.15, 0.2) is 4.42 Å². The van der Waals surface area contributed by atoms with Crippen LogP contribution in [0.5, 0.6) is 0 Å². The van der Waals surface area contributed by atoms with Crippen molar-refractivity contribution in [1.29, 1.82) is 0 Å². The Labute approximate surface area is 84.3 Å². The van der Waals surface area contributed by atoms with Gasteiger partial charge in [-0.2, -0.15) is 0 Å². The van der Waals surface area contributed by atoms with Crippen LogP contribution in [0, 0.1) is 0 Å². The highest BCUT2D eigenvalue weighted by Crippen LogP contribution is 2.12. The van der Waals surface area contributed by atoms with Gasteiger partial charge in [-0.25, -0.2) is 0 Å². The first-order chi connectivity index (χ1) is 6.81. The van der Waals surface area contributed by atoms with Crippen LogP contribution >= 0.6 is 0 Å². The standard InChI is InChI=1S/C9H18N4O/c1-3-7-13(4-2)9-12-11-8(14-9)5-6-10/h3-7,10H2,1-2H3. The Kier molecular flexibility index (Phi) is 4.39. The van der Waals surface area contributed by atoms with Gasteiger partial charge in [-0.05, 0) is 13.3 Å². The molecule has 0 fully saturated rings. The van der Waals surface area contributed by atoms with E-state index >= 15 is 0 Å². The monoisotopic (exact) mass is 198 g/mol. The molecule has 0 amide bonds. The third kappa shape index (κ3) is 2.70. The Morgan fingerprint density at radius 1 is 1.36 bits per heavy atom. The highest BCUT2D eigenvalue weighted by molar-refractivity contribution is 5.23. The van der Waals surface area contributed by atoms with Gasteiger partial charge >= 0.3 is 6.01 Å². The minimum absolute atomic E-state index is 0.543. The van der Waals surface area contributed by atoms with Crippen molar-refractivity contribution in [1.82, 2.24) is 10.2 Å². The van der Waals surface area contributed by atoms with E-state index in [1.54, 1.807) is 0 Å². The minimum atomic E-state index is 0.543. The molecule has 0 radical (unpaired) electrons. The molecule has 1 rings (SSSR count). The molecular formula is C9H18N4O. The molecule has 0 unspecified atom stereocenters. The van der Waals surface area contributed by atoms with Gasteiger partial charge in [0.25, 0.3) is 0 Å². The second kappa shape index (κ2) is 5.59. The van der Waals surface area contributed by atoms with Crippen LogP contribution in [0.25, 0.3) is 0 Å². The molecule has 0 aliphatic carbocycles. The summed E-state index contributed by atoms with van der Waals surface area (Å²) in [7, 11) is 0. The number of nitrogens with zero attached hydrogens (tertiary/aromatic N) is 3. The van der Waals surface area contributed by atoms with E-state index in [1.807, 2.05) is 0 Å². The molecule has 1 aromatic heterocycles. The molecule has 5 heteroatoms. The zero-order valence-electron chi connectivity index (χ0n) is 8.86. The number of rotatable bonds is 6. The minimum Gasteiger partial charge on any atom is -0.408 e. The van der Waals surface area contributed by atoms with E-state index in [-0.39, 0.29) is 0 Å². The van der Waals surface area contributed by atoms with Gasteiger partial charge in [0.15, 0.2) is 0 Å². The first kappa shape index (κ1) is 11.0. The summed E-state index contributed by atoms with van der Waals surface area (Å²) in [6.45, 7) is 6.57. The molecule has 0 aliphatic heterocycles. The fourth-order valence-corrected chi connectivity index (χ4v) is 1.26. The van der Waals surface area contributed by atoms with Crippen LogP contribution in [0.4, 0.5) is 6.01 Å². The van der Waals surface area contributed by atoms with E-state index in [0.717, 1.165) is 19.5 Å². The summed E-state index contributed by atoms with van der Waals surface area (Å²) in [4.78, 5) is 2.06. The Morgan fingerprint density at radius 2 is 2.14 bits per heavy atom. The van der Waals surface area contributed by atoms with Crippen LogP contribution in [0.3, 0.4) is 0 Å². The maximum Gasteiger partial charge on any atom is 0.318 e. The molecular weight excluding hydrogens is 180 g/mol. The molecule has 0 spiro atoms. The van der Waals surface area contributed by atoms with Crippen molar-refractivity contribution >= 4 is 6.01 Å². The lowest BCUT2D eigenvalue weighted by Gasteiger charge is -2.15. The number of aromatic nitrogens is 2. The van der Waals surface area contributed by atoms with Crippen molar-refractivity contribution in [3.05, 3.63) is 5.89 Å². The van der Waals surface area contributed by atoms with E-state index in [9.17, 15) is 0 Å². The summed E-state index contributed by atoms with van der Waals surface area (Å²) >= 11 is 0. The summed E-state index contributed by atoms with van der Waals surface area (Å²) in [5.41, 5.74) is 5.40. The molecule has 14 heavy (non-hydrogen) atoms. The molecule has 0 aliphatic rings. The van der Waals surface area contributed by atoms with Crippen molar-refractivity contribution in [2.24, 2.45) is 5.73 Å². The van der Waals surface area contributed by atoms with Crippen LogP contribution in [-0.4, -0.2) is 29.8 Å². The van der Waals surface area contributed by atoms with Gasteiger partial charge in [-0.1, -0.05) is 12.0 Å². The van der Waals surface area contributed by atoms with Gasteiger partial charge in [0.1, 0.15) is 0 Å². The van der Waals surface area contributed by atoms with E-state index < -0.39 is 0 Å². The predicted molar refractivity (Wildman–Crippen MR) is 55.2 cm³/mol. The zero-order chi connectivity index (χ0) is 10.4. The van der Waals surface area contributed by atoms with Gasteiger partial charge in [0, 0.05) is 26.1 Å². The Balaban J connectivity index is 2.63. The molecule has 0 aromatic carbocycles. The van der Waals surface area contributed by atoms with Gasteiger partial charge < -0.3 is 15.1 Å². The summed E-state index contributed by atoms with van der Waals surface area (Å²) in [6.07, 6.45) is 1.72. The maximum atomic E-state index is 5.45. The maximum absolute atomic E-state index is 5.45. The molecule has 0 saturated carbocycles. The summed E-state index contributed by atoms with van der Waals surface area (Å²) in [5.74, 6) is 0.622. The molecule has 80 valence electrons. The predicted octanol–water partition coefficient (Wildman–Crippen LogP) is 0.807. The van der Waals surface area contributed by atoms with Crippen LogP contribution < -0.4 is 10.6 Å². The zero-order valence-corrected chi connectivity index (χ0v) is 8.86. The molecule has 0 atom stereocenters. The SMILES string of the molecule is CCCN(CC)c1nnc(CCN)o1. The number of nitrogens with two attached hydrogens (primary N) is 1. The number of hydrogen-bond acceptors (Lipinski definition) is 5. The number of anilines is 1. The molecule has 1 heterocycles. The summed E-state index contributed by atoms with van der Waals surface area (Å²) < 4.78 is 5.45. The smallest absolute Gasteiger partial charge is 0.318 e. The van der Waals surface area contributed by atoms with Crippen LogP contribution in [-0.2, 0) is 6.42 Å². The fourth-order valence-electron chi connectivity index (χ4n) is 1.26. The number of hydrogen-bond donors (Lipinski definition) is 1. The molecule has 0 bridgehead atoms. The van der Waals surface area contributed by atoms with Crippen molar-refractivity contribution in [2.75, 3.05) is 24.5 Å². The quantitative estimate of drug-likeness (QED) is 0.732. The lowest BCUT2D eigenvalue weighted by molar-refractivity contribution is 0.484. The average Bonchev–Trinajstić information content (AvgIpc) is 2.63. The summed E-state index contributed by atoms with van der Waals surface area (Å²) in [5, 5.41) is 7.90. The van der Waals surface area contributed by atoms with E-state index in [4.69, 9.17) is 10.2 Å².